The van der Waals surface area contributed by atoms with E-state index in [9.17, 15) is 9.59 Å². The molecule has 3 aromatic rings. The fraction of sp³-hybridized carbons (Fsp3) is 0.462. The van der Waals surface area contributed by atoms with Gasteiger partial charge in [-0.15, -0.1) is 0 Å². The summed E-state index contributed by atoms with van der Waals surface area (Å²) in [4.78, 5) is 37.8. The first kappa shape index (κ1) is 23.3. The summed E-state index contributed by atoms with van der Waals surface area (Å²) in [6, 6.07) is 7.68. The first-order chi connectivity index (χ1) is 17.0. The Morgan fingerprint density at radius 1 is 1.00 bits per heavy atom. The topological polar surface area (TPSA) is 112 Å². The van der Waals surface area contributed by atoms with E-state index in [0.717, 1.165) is 31.2 Å². The molecule has 4 heterocycles. The Labute approximate surface area is 204 Å². The molecule has 0 aromatic carbocycles. The maximum atomic E-state index is 13.3. The van der Waals surface area contributed by atoms with E-state index in [-0.39, 0.29) is 17.6 Å². The highest BCUT2D eigenvalue weighted by molar-refractivity contribution is 6.13. The summed E-state index contributed by atoms with van der Waals surface area (Å²) in [5, 5.41) is 8.76. The number of rotatable bonds is 6. The second-order valence-electron chi connectivity index (χ2n) is 9.51. The van der Waals surface area contributed by atoms with E-state index in [2.05, 4.69) is 30.8 Å². The summed E-state index contributed by atoms with van der Waals surface area (Å²) >= 11 is 0. The minimum absolute atomic E-state index is 0.0160. The van der Waals surface area contributed by atoms with Crippen LogP contribution in [0, 0.1) is 12.8 Å². The maximum Gasteiger partial charge on any atom is 0.294 e. The zero-order chi connectivity index (χ0) is 24.4. The highest BCUT2D eigenvalue weighted by atomic mass is 16.3. The van der Waals surface area contributed by atoms with Crippen LogP contribution in [0.25, 0.3) is 11.1 Å². The Morgan fingerprint density at radius 2 is 1.74 bits per heavy atom. The van der Waals surface area contributed by atoms with Crippen LogP contribution in [0.2, 0.25) is 0 Å². The minimum atomic E-state index is -0.488. The van der Waals surface area contributed by atoms with Crippen molar-refractivity contribution in [2.24, 2.45) is 5.92 Å². The molecule has 9 heteroatoms. The van der Waals surface area contributed by atoms with Crippen LogP contribution in [0.1, 0.15) is 54.6 Å². The molecule has 184 valence electrons. The summed E-state index contributed by atoms with van der Waals surface area (Å²) in [5.41, 5.74) is 2.16. The highest BCUT2D eigenvalue weighted by Crippen LogP contribution is 2.34. The number of aromatic nitrogens is 2. The Balaban J connectivity index is 1.36. The van der Waals surface area contributed by atoms with Crippen molar-refractivity contribution < 1.29 is 14.0 Å². The molecule has 1 saturated heterocycles. The molecule has 0 radical (unpaired) electrons. The molecule has 1 saturated carbocycles. The van der Waals surface area contributed by atoms with Gasteiger partial charge < -0.3 is 25.3 Å². The fourth-order valence-corrected chi connectivity index (χ4v) is 5.14. The van der Waals surface area contributed by atoms with Gasteiger partial charge in [0.1, 0.15) is 22.8 Å². The second-order valence-corrected chi connectivity index (χ2v) is 9.51. The number of hydrogen-bond donors (Lipinski definition) is 3. The highest BCUT2D eigenvalue weighted by Gasteiger charge is 2.32. The molecule has 9 nitrogen and oxygen atoms in total. The van der Waals surface area contributed by atoms with Gasteiger partial charge in [0, 0.05) is 25.2 Å². The van der Waals surface area contributed by atoms with Crippen LogP contribution in [0.5, 0.6) is 0 Å². The van der Waals surface area contributed by atoms with Gasteiger partial charge in [-0.2, -0.15) is 0 Å². The van der Waals surface area contributed by atoms with Crippen molar-refractivity contribution in [3.63, 3.8) is 0 Å². The van der Waals surface area contributed by atoms with E-state index in [0.29, 0.717) is 34.5 Å². The number of aryl methyl sites for hydroxylation is 1. The lowest BCUT2D eigenvalue weighted by atomic mass is 9.85. The van der Waals surface area contributed by atoms with Gasteiger partial charge >= 0.3 is 0 Å². The molecule has 5 rings (SSSR count). The van der Waals surface area contributed by atoms with Crippen molar-refractivity contribution in [3.05, 3.63) is 41.8 Å². The number of furan rings is 1. The molecule has 2 amide bonds. The molecule has 0 unspecified atom stereocenters. The van der Waals surface area contributed by atoms with Crippen LogP contribution in [0.4, 0.5) is 17.3 Å². The van der Waals surface area contributed by atoms with Gasteiger partial charge in [0.15, 0.2) is 5.58 Å². The smallest absolute Gasteiger partial charge is 0.294 e. The fourth-order valence-electron chi connectivity index (χ4n) is 5.14. The standard InChI is InChI=1S/C26H32N6O3/c1-16-5-11-21(28-15-16)30-26(34)24-23(22-19(35-24)10-12-20(27-2)29-22)31-25(33)17-6-8-18(9-7-17)32-13-3-4-14-32/h5,10-12,15,17-18H,3-4,6-9,13-14H2,1-2H3,(H,27,29)(H,31,33)(H,28,30,34)/t17-,18-. The van der Waals surface area contributed by atoms with Gasteiger partial charge in [-0.05, 0) is 82.3 Å². The lowest BCUT2D eigenvalue weighted by molar-refractivity contribution is -0.121. The molecule has 1 aliphatic carbocycles. The molecule has 1 aliphatic heterocycles. The van der Waals surface area contributed by atoms with Gasteiger partial charge in [-0.3, -0.25) is 9.59 Å². The molecule has 35 heavy (non-hydrogen) atoms. The van der Waals surface area contributed by atoms with E-state index in [4.69, 9.17) is 4.42 Å². The lowest BCUT2D eigenvalue weighted by Crippen LogP contribution is -2.38. The van der Waals surface area contributed by atoms with Crippen molar-refractivity contribution in [3.8, 4) is 0 Å². The maximum absolute atomic E-state index is 13.3. The molecular weight excluding hydrogens is 444 g/mol. The van der Waals surface area contributed by atoms with Crippen molar-refractivity contribution in [2.45, 2.75) is 51.5 Å². The quantitative estimate of drug-likeness (QED) is 0.483. The van der Waals surface area contributed by atoms with Gasteiger partial charge in [0.25, 0.3) is 5.91 Å². The number of nitrogens with zero attached hydrogens (tertiary/aromatic N) is 3. The summed E-state index contributed by atoms with van der Waals surface area (Å²) in [7, 11) is 1.77. The average Bonchev–Trinajstić information content (AvgIpc) is 3.54. The molecular formula is C26H32N6O3. The molecule has 3 N–H and O–H groups in total. The van der Waals surface area contributed by atoms with Crippen molar-refractivity contribution >= 4 is 40.2 Å². The molecule has 0 bridgehead atoms. The number of hydrogen-bond acceptors (Lipinski definition) is 7. The van der Waals surface area contributed by atoms with E-state index in [1.807, 2.05) is 13.0 Å². The first-order valence-corrected chi connectivity index (χ1v) is 12.4. The minimum Gasteiger partial charge on any atom is -0.447 e. The normalized spacial score (nSPS) is 20.6. The van der Waals surface area contributed by atoms with Crippen molar-refractivity contribution in [2.75, 3.05) is 36.1 Å². The summed E-state index contributed by atoms with van der Waals surface area (Å²) in [6.45, 7) is 4.28. The van der Waals surface area contributed by atoms with Gasteiger partial charge in [0.2, 0.25) is 11.7 Å². The van der Waals surface area contributed by atoms with Crippen molar-refractivity contribution in [1.29, 1.82) is 0 Å². The van der Waals surface area contributed by atoms with E-state index >= 15 is 0 Å². The largest absolute Gasteiger partial charge is 0.447 e. The molecule has 2 fully saturated rings. The van der Waals surface area contributed by atoms with Gasteiger partial charge in [-0.25, -0.2) is 9.97 Å². The number of pyridine rings is 2. The van der Waals surface area contributed by atoms with Crippen LogP contribution in [0.3, 0.4) is 0 Å². The third-order valence-corrected chi connectivity index (χ3v) is 7.12. The Hall–Kier alpha value is -3.46. The number of fused-ring (bicyclic) bond motifs is 1. The third kappa shape index (κ3) is 5.00. The summed E-state index contributed by atoms with van der Waals surface area (Å²) in [5.74, 6) is 0.364. The Morgan fingerprint density at radius 3 is 2.43 bits per heavy atom. The van der Waals surface area contributed by atoms with Crippen LogP contribution >= 0.6 is 0 Å². The number of carbonyl (C=O) groups excluding carboxylic acids is 2. The number of nitrogens with one attached hydrogen (secondary N) is 3. The van der Waals surface area contributed by atoms with Gasteiger partial charge in [-0.1, -0.05) is 6.07 Å². The van der Waals surface area contributed by atoms with E-state index < -0.39 is 5.91 Å². The zero-order valence-electron chi connectivity index (χ0n) is 20.3. The number of amides is 2. The predicted octanol–water partition coefficient (Wildman–Crippen LogP) is 4.42. The first-order valence-electron chi connectivity index (χ1n) is 12.4. The lowest BCUT2D eigenvalue weighted by Gasteiger charge is -2.33. The monoisotopic (exact) mass is 476 g/mol. The molecule has 0 atom stereocenters. The predicted molar refractivity (Wildman–Crippen MR) is 136 cm³/mol. The molecule has 2 aliphatic rings. The summed E-state index contributed by atoms with van der Waals surface area (Å²) < 4.78 is 5.88. The summed E-state index contributed by atoms with van der Waals surface area (Å²) in [6.07, 6.45) is 7.96. The Bertz CT molecular complexity index is 1210. The SMILES string of the molecule is CNc1ccc2oc(C(=O)Nc3ccc(C)cn3)c(NC(=O)[C@H]3CC[C@H](N4CCCC4)CC3)c2n1. The molecule has 0 spiro atoms. The Kier molecular flexibility index (Phi) is 6.68. The molecule has 3 aromatic heterocycles. The second kappa shape index (κ2) is 10.0. The van der Waals surface area contributed by atoms with Crippen LogP contribution in [-0.2, 0) is 4.79 Å². The number of carbonyl (C=O) groups is 2. The van der Waals surface area contributed by atoms with Crippen LogP contribution in [0.15, 0.2) is 34.9 Å². The zero-order valence-corrected chi connectivity index (χ0v) is 20.3. The van der Waals surface area contributed by atoms with Gasteiger partial charge in [0.05, 0.1) is 0 Å². The average molecular weight is 477 g/mol. The van der Waals surface area contributed by atoms with E-state index in [1.54, 1.807) is 31.4 Å². The van der Waals surface area contributed by atoms with Crippen LogP contribution < -0.4 is 16.0 Å². The third-order valence-electron chi connectivity index (χ3n) is 7.12. The number of anilines is 3. The van der Waals surface area contributed by atoms with E-state index in [1.165, 1.54) is 25.9 Å². The van der Waals surface area contributed by atoms with Crippen molar-refractivity contribution in [1.82, 2.24) is 14.9 Å². The van der Waals surface area contributed by atoms with Crippen LogP contribution in [-0.4, -0.2) is 52.9 Å². The number of likely N-dealkylation sites (tertiary alicyclic amines) is 1.